The van der Waals surface area contributed by atoms with E-state index in [1.807, 2.05) is 0 Å². The van der Waals surface area contributed by atoms with Gasteiger partial charge in [0.15, 0.2) is 0 Å². The van der Waals surface area contributed by atoms with Crippen LogP contribution in [0.2, 0.25) is 0 Å². The normalized spacial score (nSPS) is 15.5. The lowest BCUT2D eigenvalue weighted by molar-refractivity contribution is -0.140. The summed E-state index contributed by atoms with van der Waals surface area (Å²) in [5.74, 6) is -1.22. The van der Waals surface area contributed by atoms with E-state index < -0.39 is 17.6 Å². The molecule has 1 nitrogen and oxygen atoms in total. The standard InChI is InChI=1S/C15H17F4N/c16-14-6-5-12(9-13(14)15(17,18)19)10-20-8-7-11-3-1-2-4-11/h3,5-6,9,20H,1-2,4,7-8,10H2. The lowest BCUT2D eigenvalue weighted by atomic mass is 10.1. The van der Waals surface area contributed by atoms with Crippen molar-refractivity contribution in [2.45, 2.75) is 38.4 Å². The lowest BCUT2D eigenvalue weighted by Crippen LogP contribution is -2.16. The third-order valence-electron chi connectivity index (χ3n) is 3.42. The molecular formula is C15H17F4N. The molecule has 0 bridgehead atoms. The van der Waals surface area contributed by atoms with Crippen molar-refractivity contribution in [3.63, 3.8) is 0 Å². The average molecular weight is 287 g/mol. The number of hydrogen-bond donors (Lipinski definition) is 1. The third kappa shape index (κ3) is 4.07. The van der Waals surface area contributed by atoms with Crippen molar-refractivity contribution >= 4 is 0 Å². The summed E-state index contributed by atoms with van der Waals surface area (Å²) in [6, 6.07) is 3.13. The van der Waals surface area contributed by atoms with E-state index in [-0.39, 0.29) is 0 Å². The number of halogens is 4. The Labute approximate surface area is 115 Å². The second-order valence-corrected chi connectivity index (χ2v) is 4.99. The van der Waals surface area contributed by atoms with Crippen LogP contribution in [0.4, 0.5) is 17.6 Å². The molecule has 20 heavy (non-hydrogen) atoms. The van der Waals surface area contributed by atoms with Gasteiger partial charge < -0.3 is 5.32 Å². The van der Waals surface area contributed by atoms with Gasteiger partial charge in [0.05, 0.1) is 5.56 Å². The summed E-state index contributed by atoms with van der Waals surface area (Å²) in [5.41, 5.74) is 0.655. The van der Waals surface area contributed by atoms with E-state index in [0.717, 1.165) is 37.9 Å². The van der Waals surface area contributed by atoms with Crippen LogP contribution in [-0.2, 0) is 12.7 Å². The van der Waals surface area contributed by atoms with Gasteiger partial charge in [-0.05, 0) is 49.9 Å². The number of allylic oxidation sites excluding steroid dienone is 1. The maximum atomic E-state index is 13.1. The van der Waals surface area contributed by atoms with Crippen LogP contribution >= 0.6 is 0 Å². The SMILES string of the molecule is Fc1ccc(CNCCC2=CCCC2)cc1C(F)(F)F. The van der Waals surface area contributed by atoms with Gasteiger partial charge >= 0.3 is 6.18 Å². The molecule has 1 N–H and O–H groups in total. The molecular weight excluding hydrogens is 270 g/mol. The van der Waals surface area contributed by atoms with Crippen LogP contribution < -0.4 is 5.32 Å². The minimum absolute atomic E-state index is 0.316. The van der Waals surface area contributed by atoms with Crippen LogP contribution in [0.1, 0.15) is 36.8 Å². The number of alkyl halides is 3. The first-order valence-corrected chi connectivity index (χ1v) is 6.71. The Balaban J connectivity index is 1.86. The van der Waals surface area contributed by atoms with Crippen molar-refractivity contribution in [3.05, 3.63) is 46.8 Å². The highest BCUT2D eigenvalue weighted by Gasteiger charge is 2.34. The highest BCUT2D eigenvalue weighted by molar-refractivity contribution is 5.27. The van der Waals surface area contributed by atoms with Crippen molar-refractivity contribution in [1.82, 2.24) is 5.32 Å². The number of benzene rings is 1. The molecule has 0 aromatic heterocycles. The highest BCUT2D eigenvalue weighted by atomic mass is 19.4. The molecule has 0 saturated carbocycles. The molecule has 5 heteroatoms. The predicted molar refractivity (Wildman–Crippen MR) is 69.7 cm³/mol. The second kappa shape index (κ2) is 6.39. The number of nitrogens with one attached hydrogen (secondary N) is 1. The minimum Gasteiger partial charge on any atom is -0.312 e. The summed E-state index contributed by atoms with van der Waals surface area (Å²) in [6.07, 6.45) is 1.95. The topological polar surface area (TPSA) is 12.0 Å². The smallest absolute Gasteiger partial charge is 0.312 e. The molecule has 110 valence electrons. The van der Waals surface area contributed by atoms with Gasteiger partial charge in [0, 0.05) is 6.54 Å². The molecule has 1 aliphatic rings. The van der Waals surface area contributed by atoms with Crippen LogP contribution in [0, 0.1) is 5.82 Å². The van der Waals surface area contributed by atoms with Crippen molar-refractivity contribution in [1.29, 1.82) is 0 Å². The zero-order valence-corrected chi connectivity index (χ0v) is 11.1. The lowest BCUT2D eigenvalue weighted by Gasteiger charge is -2.11. The second-order valence-electron chi connectivity index (χ2n) is 4.99. The molecule has 0 radical (unpaired) electrons. The molecule has 0 saturated heterocycles. The first-order chi connectivity index (χ1) is 9.47. The fourth-order valence-electron chi connectivity index (χ4n) is 2.35. The van der Waals surface area contributed by atoms with Crippen molar-refractivity contribution in [2.75, 3.05) is 6.54 Å². The molecule has 0 aliphatic heterocycles. The van der Waals surface area contributed by atoms with Crippen LogP contribution in [0.15, 0.2) is 29.8 Å². The third-order valence-corrected chi connectivity index (χ3v) is 3.42. The van der Waals surface area contributed by atoms with Crippen molar-refractivity contribution < 1.29 is 17.6 Å². The quantitative estimate of drug-likeness (QED) is 0.480. The van der Waals surface area contributed by atoms with Crippen LogP contribution in [0.3, 0.4) is 0 Å². The molecule has 1 aromatic carbocycles. The molecule has 0 heterocycles. The van der Waals surface area contributed by atoms with E-state index in [0.29, 0.717) is 12.1 Å². The Hall–Kier alpha value is -1.36. The zero-order valence-electron chi connectivity index (χ0n) is 11.1. The Bertz CT molecular complexity index is 491. The largest absolute Gasteiger partial charge is 0.419 e. The number of hydrogen-bond acceptors (Lipinski definition) is 1. The summed E-state index contributed by atoms with van der Waals surface area (Å²) in [7, 11) is 0. The summed E-state index contributed by atoms with van der Waals surface area (Å²) in [4.78, 5) is 0. The van der Waals surface area contributed by atoms with E-state index in [1.165, 1.54) is 18.1 Å². The maximum Gasteiger partial charge on any atom is 0.419 e. The Morgan fingerprint density at radius 2 is 2.00 bits per heavy atom. The summed E-state index contributed by atoms with van der Waals surface area (Å²) < 4.78 is 50.8. The van der Waals surface area contributed by atoms with Gasteiger partial charge in [-0.25, -0.2) is 4.39 Å². The predicted octanol–water partition coefficient (Wildman–Crippen LogP) is 4.43. The summed E-state index contributed by atoms with van der Waals surface area (Å²) in [6.45, 7) is 1.04. The fourth-order valence-corrected chi connectivity index (χ4v) is 2.35. The molecule has 0 fully saturated rings. The average Bonchev–Trinajstić information content (AvgIpc) is 2.88. The van der Waals surface area contributed by atoms with Gasteiger partial charge in [-0.15, -0.1) is 0 Å². The van der Waals surface area contributed by atoms with E-state index in [2.05, 4.69) is 11.4 Å². The monoisotopic (exact) mass is 287 g/mol. The summed E-state index contributed by atoms with van der Waals surface area (Å²) in [5, 5.41) is 3.10. The van der Waals surface area contributed by atoms with E-state index in [4.69, 9.17) is 0 Å². The first kappa shape index (κ1) is 15.0. The van der Waals surface area contributed by atoms with Crippen molar-refractivity contribution in [3.8, 4) is 0 Å². The van der Waals surface area contributed by atoms with Crippen molar-refractivity contribution in [2.24, 2.45) is 0 Å². The van der Waals surface area contributed by atoms with Gasteiger partial charge in [0.25, 0.3) is 0 Å². The molecule has 2 rings (SSSR count). The maximum absolute atomic E-state index is 13.1. The summed E-state index contributed by atoms with van der Waals surface area (Å²) >= 11 is 0. The van der Waals surface area contributed by atoms with Gasteiger partial charge in [-0.1, -0.05) is 17.7 Å². The van der Waals surface area contributed by atoms with Gasteiger partial charge in [-0.3, -0.25) is 0 Å². The minimum atomic E-state index is -4.64. The number of rotatable bonds is 5. The molecule has 0 unspecified atom stereocenters. The Morgan fingerprint density at radius 3 is 2.65 bits per heavy atom. The zero-order chi connectivity index (χ0) is 14.6. The molecule has 0 amide bonds. The highest BCUT2D eigenvalue weighted by Crippen LogP contribution is 2.31. The molecule has 0 spiro atoms. The van der Waals surface area contributed by atoms with Crippen LogP contribution in [0.5, 0.6) is 0 Å². The van der Waals surface area contributed by atoms with Gasteiger partial charge in [-0.2, -0.15) is 13.2 Å². The van der Waals surface area contributed by atoms with E-state index in [9.17, 15) is 17.6 Å². The van der Waals surface area contributed by atoms with E-state index in [1.54, 1.807) is 0 Å². The van der Waals surface area contributed by atoms with Crippen LogP contribution in [-0.4, -0.2) is 6.54 Å². The Kier molecular flexibility index (Phi) is 4.81. The van der Waals surface area contributed by atoms with E-state index >= 15 is 0 Å². The molecule has 0 atom stereocenters. The fraction of sp³-hybridized carbons (Fsp3) is 0.467. The molecule has 1 aromatic rings. The van der Waals surface area contributed by atoms with Gasteiger partial charge in [0.1, 0.15) is 5.82 Å². The Morgan fingerprint density at radius 1 is 1.20 bits per heavy atom. The molecule has 1 aliphatic carbocycles. The van der Waals surface area contributed by atoms with Crippen LogP contribution in [0.25, 0.3) is 0 Å². The first-order valence-electron chi connectivity index (χ1n) is 6.71. The van der Waals surface area contributed by atoms with Gasteiger partial charge in [0.2, 0.25) is 0 Å².